The Kier molecular flexibility index (Phi) is 4.13. The van der Waals surface area contributed by atoms with Gasteiger partial charge in [-0.1, -0.05) is 18.5 Å². The van der Waals surface area contributed by atoms with Gasteiger partial charge in [-0.05, 0) is 32.8 Å². The van der Waals surface area contributed by atoms with Crippen LogP contribution in [-0.4, -0.2) is 43.2 Å². The van der Waals surface area contributed by atoms with Gasteiger partial charge in [-0.3, -0.25) is 0 Å². The molecule has 3 atom stereocenters. The number of aliphatic hydroxyl groups is 2. The minimum atomic E-state index is -1.24. The average molecular weight is 340 g/mol. The molecule has 0 amide bonds. The number of rotatable bonds is 4. The van der Waals surface area contributed by atoms with Crippen LogP contribution in [-0.2, 0) is 4.74 Å². The van der Waals surface area contributed by atoms with E-state index >= 15 is 0 Å². The molecule has 1 unspecified atom stereocenters. The van der Waals surface area contributed by atoms with E-state index in [-0.39, 0.29) is 18.8 Å². The minimum Gasteiger partial charge on any atom is -0.396 e. The molecule has 0 aromatic carbocycles. The summed E-state index contributed by atoms with van der Waals surface area (Å²) in [5.74, 6) is -1.24. The van der Waals surface area contributed by atoms with Crippen LogP contribution in [0.25, 0.3) is 11.0 Å². The fourth-order valence-corrected chi connectivity index (χ4v) is 3.63. The zero-order chi connectivity index (χ0) is 16.8. The first kappa shape index (κ1) is 16.6. The molecule has 1 fully saturated rings. The van der Waals surface area contributed by atoms with Crippen molar-refractivity contribution in [3.8, 4) is 0 Å². The third-order valence-corrected chi connectivity index (χ3v) is 4.91. The average Bonchev–Trinajstić information content (AvgIpc) is 3.01. The first-order valence-corrected chi connectivity index (χ1v) is 8.09. The van der Waals surface area contributed by atoms with Crippen LogP contribution < -0.4 is 0 Å². The summed E-state index contributed by atoms with van der Waals surface area (Å²) in [4.78, 5) is 8.33. The van der Waals surface area contributed by atoms with Crippen LogP contribution in [0.2, 0.25) is 5.15 Å². The van der Waals surface area contributed by atoms with Crippen LogP contribution in [0, 0.1) is 5.41 Å². The van der Waals surface area contributed by atoms with Gasteiger partial charge in [0.05, 0.1) is 18.1 Å². The van der Waals surface area contributed by atoms with Crippen molar-refractivity contribution in [3.63, 3.8) is 0 Å². The molecule has 0 aliphatic heterocycles. The molecule has 2 aromatic rings. The molecule has 2 aromatic heterocycles. The molecule has 0 radical (unpaired) electrons. The largest absolute Gasteiger partial charge is 0.396 e. The van der Waals surface area contributed by atoms with E-state index in [1.54, 1.807) is 13.8 Å². The second kappa shape index (κ2) is 5.70. The van der Waals surface area contributed by atoms with Crippen molar-refractivity contribution in [3.05, 3.63) is 23.7 Å². The third-order valence-electron chi connectivity index (χ3n) is 4.61. The van der Waals surface area contributed by atoms with Gasteiger partial charge in [-0.15, -0.1) is 0 Å². The number of aromatic nitrogens is 3. The van der Waals surface area contributed by atoms with Crippen molar-refractivity contribution >= 4 is 22.6 Å². The van der Waals surface area contributed by atoms with E-state index in [2.05, 4.69) is 14.5 Å². The van der Waals surface area contributed by atoms with Crippen molar-refractivity contribution in [1.82, 2.24) is 14.5 Å². The smallest absolute Gasteiger partial charge is 0.160 e. The summed E-state index contributed by atoms with van der Waals surface area (Å²) >= 11 is 6.11. The number of nitrogens with zero attached hydrogens (tertiary/aromatic N) is 3. The Balaban J connectivity index is 1.93. The number of ether oxygens (including phenoxy) is 1. The molecule has 1 aliphatic carbocycles. The van der Waals surface area contributed by atoms with Crippen LogP contribution >= 0.6 is 11.6 Å². The van der Waals surface area contributed by atoms with E-state index in [4.69, 9.17) is 16.3 Å². The molecule has 1 saturated carbocycles. The summed E-state index contributed by atoms with van der Waals surface area (Å²) in [5, 5.41) is 21.1. The summed E-state index contributed by atoms with van der Waals surface area (Å²) in [6.07, 6.45) is 4.57. The summed E-state index contributed by atoms with van der Waals surface area (Å²) in [7, 11) is 0. The molecule has 2 N–H and O–H groups in total. The molecule has 0 saturated heterocycles. The Labute approximate surface area is 140 Å². The monoisotopic (exact) mass is 339 g/mol. The minimum absolute atomic E-state index is 0.000805. The summed E-state index contributed by atoms with van der Waals surface area (Å²) < 4.78 is 7.85. The molecular formula is C16H22ClN3O3. The van der Waals surface area contributed by atoms with Crippen molar-refractivity contribution in [2.75, 3.05) is 6.61 Å². The van der Waals surface area contributed by atoms with Crippen LogP contribution in [0.15, 0.2) is 18.6 Å². The molecule has 23 heavy (non-hydrogen) atoms. The van der Waals surface area contributed by atoms with Crippen molar-refractivity contribution in [2.24, 2.45) is 5.41 Å². The number of hydrogen-bond acceptors (Lipinski definition) is 5. The van der Waals surface area contributed by atoms with Crippen LogP contribution in [0.5, 0.6) is 0 Å². The number of aliphatic hydroxyl groups excluding tert-OH is 1. The van der Waals surface area contributed by atoms with Gasteiger partial charge >= 0.3 is 0 Å². The molecule has 3 rings (SSSR count). The van der Waals surface area contributed by atoms with Gasteiger partial charge in [0.25, 0.3) is 0 Å². The molecule has 1 aliphatic rings. The Hall–Kier alpha value is -1.21. The van der Waals surface area contributed by atoms with Crippen LogP contribution in [0.1, 0.15) is 39.7 Å². The predicted octanol–water partition coefficient (Wildman–Crippen LogP) is 2.53. The van der Waals surface area contributed by atoms with E-state index in [1.165, 1.54) is 6.33 Å². The number of halogens is 1. The maximum absolute atomic E-state index is 9.98. The fourth-order valence-electron chi connectivity index (χ4n) is 3.44. The van der Waals surface area contributed by atoms with Gasteiger partial charge < -0.3 is 19.5 Å². The predicted molar refractivity (Wildman–Crippen MR) is 87.2 cm³/mol. The van der Waals surface area contributed by atoms with Gasteiger partial charge in [0.15, 0.2) is 5.79 Å². The highest BCUT2D eigenvalue weighted by Gasteiger charge is 2.47. The topological polar surface area (TPSA) is 80.4 Å². The van der Waals surface area contributed by atoms with E-state index in [0.29, 0.717) is 11.6 Å². The quantitative estimate of drug-likeness (QED) is 0.661. The lowest BCUT2D eigenvalue weighted by molar-refractivity contribution is -0.227. The lowest BCUT2D eigenvalue weighted by atomic mass is 9.87. The molecule has 6 nitrogen and oxygen atoms in total. The standard InChI is InChI=1S/C16H22ClN3O3/c1-15(2,22)23-12-6-10(7-16(12,3)8-21)20-5-4-11-13(17)18-9-19-14(11)20/h4-5,9-10,12,21-22H,6-8H2,1-3H3/t10?,12-,16+/m0/s1. The molecule has 0 spiro atoms. The highest BCUT2D eigenvalue weighted by Crippen LogP contribution is 2.47. The van der Waals surface area contributed by atoms with E-state index in [0.717, 1.165) is 17.5 Å². The van der Waals surface area contributed by atoms with Gasteiger partial charge in [0, 0.05) is 17.7 Å². The van der Waals surface area contributed by atoms with Crippen molar-refractivity contribution in [1.29, 1.82) is 0 Å². The van der Waals surface area contributed by atoms with Crippen molar-refractivity contribution < 1.29 is 14.9 Å². The summed E-state index contributed by atoms with van der Waals surface area (Å²) in [6, 6.07) is 2.01. The molecule has 126 valence electrons. The van der Waals surface area contributed by atoms with Gasteiger partial charge in [0.2, 0.25) is 0 Å². The normalized spacial score (nSPS) is 28.6. The summed E-state index contributed by atoms with van der Waals surface area (Å²) in [6.45, 7) is 5.20. The molecule has 2 heterocycles. The number of fused-ring (bicyclic) bond motifs is 1. The summed E-state index contributed by atoms with van der Waals surface area (Å²) in [5.41, 5.74) is 0.358. The lowest BCUT2D eigenvalue weighted by Gasteiger charge is -2.33. The van der Waals surface area contributed by atoms with Crippen LogP contribution in [0.4, 0.5) is 0 Å². The molecule has 7 heteroatoms. The Morgan fingerprint density at radius 2 is 2.22 bits per heavy atom. The van der Waals surface area contributed by atoms with E-state index in [1.807, 2.05) is 19.2 Å². The fraction of sp³-hybridized carbons (Fsp3) is 0.625. The zero-order valence-corrected chi connectivity index (χ0v) is 14.3. The van der Waals surface area contributed by atoms with Gasteiger partial charge in [-0.2, -0.15) is 0 Å². The van der Waals surface area contributed by atoms with E-state index in [9.17, 15) is 10.2 Å². The highest BCUT2D eigenvalue weighted by molar-refractivity contribution is 6.33. The van der Waals surface area contributed by atoms with Crippen molar-refractivity contribution in [2.45, 2.75) is 51.5 Å². The Morgan fingerprint density at radius 1 is 1.48 bits per heavy atom. The zero-order valence-electron chi connectivity index (χ0n) is 13.5. The Morgan fingerprint density at radius 3 is 2.87 bits per heavy atom. The van der Waals surface area contributed by atoms with E-state index < -0.39 is 11.2 Å². The van der Waals surface area contributed by atoms with Gasteiger partial charge in [-0.25, -0.2) is 9.97 Å². The SMILES string of the molecule is CC(C)(O)O[C@H]1CC(n2ccc3c(Cl)ncnc32)C[C@]1(C)CO. The maximum atomic E-state index is 9.98. The van der Waals surface area contributed by atoms with Gasteiger partial charge in [0.1, 0.15) is 17.1 Å². The lowest BCUT2D eigenvalue weighted by Crippen LogP contribution is -2.39. The second-order valence-electron chi connectivity index (χ2n) is 7.08. The second-order valence-corrected chi connectivity index (χ2v) is 7.44. The maximum Gasteiger partial charge on any atom is 0.160 e. The Bertz CT molecular complexity index is 712. The third kappa shape index (κ3) is 3.08. The highest BCUT2D eigenvalue weighted by atomic mass is 35.5. The number of hydrogen-bond donors (Lipinski definition) is 2. The first-order chi connectivity index (χ1) is 10.7. The molecule has 0 bridgehead atoms. The first-order valence-electron chi connectivity index (χ1n) is 7.71. The molecular weight excluding hydrogens is 318 g/mol. The van der Waals surface area contributed by atoms with Crippen LogP contribution in [0.3, 0.4) is 0 Å².